The standard InChI is InChI=1S/C25H28ClN3O5/c1-14-19-9-16(26)6-8-20(19)28-23(14)24(30)27-17-10-21(25(31)34-4)29(13-17)12-15-5-7-18(32-2)11-22(15)33-3/h5-9,11,17,21,28H,10,12-13H2,1-4H3,(H,27,30)/t17-,21+/m1/s1. The van der Waals surface area contributed by atoms with E-state index in [0.717, 1.165) is 22.0 Å². The summed E-state index contributed by atoms with van der Waals surface area (Å²) >= 11 is 6.12. The number of H-pyrrole nitrogens is 1. The molecule has 3 aromatic rings. The van der Waals surface area contributed by atoms with E-state index in [1.54, 1.807) is 20.3 Å². The number of benzene rings is 2. The lowest BCUT2D eigenvalue weighted by Crippen LogP contribution is -2.38. The zero-order valence-corrected chi connectivity index (χ0v) is 20.4. The number of likely N-dealkylation sites (tertiary alicyclic amines) is 1. The van der Waals surface area contributed by atoms with Gasteiger partial charge in [0.15, 0.2) is 0 Å². The lowest BCUT2D eigenvalue weighted by Gasteiger charge is -2.23. The molecule has 2 atom stereocenters. The second kappa shape index (κ2) is 9.95. The van der Waals surface area contributed by atoms with Crippen LogP contribution in [0.15, 0.2) is 36.4 Å². The van der Waals surface area contributed by atoms with Crippen LogP contribution in [0.25, 0.3) is 10.9 Å². The minimum Gasteiger partial charge on any atom is -0.497 e. The number of nitrogens with zero attached hydrogens (tertiary/aromatic N) is 1. The normalized spacial score (nSPS) is 18.1. The van der Waals surface area contributed by atoms with Crippen LogP contribution in [-0.2, 0) is 16.1 Å². The van der Waals surface area contributed by atoms with Crippen LogP contribution in [0.4, 0.5) is 0 Å². The Morgan fingerprint density at radius 3 is 2.65 bits per heavy atom. The highest BCUT2D eigenvalue weighted by atomic mass is 35.5. The molecule has 34 heavy (non-hydrogen) atoms. The highest BCUT2D eigenvalue weighted by molar-refractivity contribution is 6.31. The third-order valence-corrected chi connectivity index (χ3v) is 6.56. The molecular formula is C25H28ClN3O5. The van der Waals surface area contributed by atoms with Crippen molar-refractivity contribution in [2.24, 2.45) is 0 Å². The summed E-state index contributed by atoms with van der Waals surface area (Å²) in [5.74, 6) is 0.803. The van der Waals surface area contributed by atoms with Gasteiger partial charge in [-0.25, -0.2) is 0 Å². The average molecular weight is 486 g/mol. The van der Waals surface area contributed by atoms with Gasteiger partial charge in [0.1, 0.15) is 23.2 Å². The molecule has 1 saturated heterocycles. The van der Waals surface area contributed by atoms with Gasteiger partial charge >= 0.3 is 5.97 Å². The Hall–Kier alpha value is -3.23. The number of carbonyl (C=O) groups excluding carboxylic acids is 2. The largest absolute Gasteiger partial charge is 0.497 e. The zero-order valence-electron chi connectivity index (χ0n) is 19.6. The maximum atomic E-state index is 13.1. The van der Waals surface area contributed by atoms with Gasteiger partial charge in [0, 0.05) is 46.7 Å². The first-order valence-electron chi connectivity index (χ1n) is 11.0. The van der Waals surface area contributed by atoms with Gasteiger partial charge in [-0.3, -0.25) is 14.5 Å². The molecule has 2 N–H and O–H groups in total. The van der Waals surface area contributed by atoms with Gasteiger partial charge in [0.05, 0.1) is 21.3 Å². The summed E-state index contributed by atoms with van der Waals surface area (Å²) in [5.41, 5.74) is 3.08. The van der Waals surface area contributed by atoms with Crippen LogP contribution in [0, 0.1) is 6.92 Å². The van der Waals surface area contributed by atoms with Crippen LogP contribution in [0.1, 0.15) is 28.0 Å². The predicted octanol–water partition coefficient (Wildman–Crippen LogP) is 3.69. The number of ether oxygens (including phenoxy) is 3. The fourth-order valence-electron chi connectivity index (χ4n) is 4.55. The maximum Gasteiger partial charge on any atom is 0.323 e. The van der Waals surface area contributed by atoms with Gasteiger partial charge in [-0.2, -0.15) is 0 Å². The number of amides is 1. The van der Waals surface area contributed by atoms with E-state index in [2.05, 4.69) is 10.3 Å². The number of carbonyl (C=O) groups is 2. The summed E-state index contributed by atoms with van der Waals surface area (Å²) in [7, 11) is 4.57. The molecular weight excluding hydrogens is 458 g/mol. The summed E-state index contributed by atoms with van der Waals surface area (Å²) < 4.78 is 15.8. The molecule has 1 fully saturated rings. The Kier molecular flexibility index (Phi) is 7.00. The van der Waals surface area contributed by atoms with Crippen molar-refractivity contribution < 1.29 is 23.8 Å². The average Bonchev–Trinajstić information content (AvgIpc) is 3.39. The molecule has 1 aliphatic heterocycles. The first kappa shape index (κ1) is 23.9. The third kappa shape index (κ3) is 4.69. The Bertz CT molecular complexity index is 1220. The van der Waals surface area contributed by atoms with Gasteiger partial charge in [-0.1, -0.05) is 17.7 Å². The molecule has 1 aliphatic rings. The van der Waals surface area contributed by atoms with Crippen molar-refractivity contribution in [1.82, 2.24) is 15.2 Å². The van der Waals surface area contributed by atoms with Crippen LogP contribution in [0.5, 0.6) is 11.5 Å². The van der Waals surface area contributed by atoms with Crippen molar-refractivity contribution in [2.45, 2.75) is 32.0 Å². The van der Waals surface area contributed by atoms with Crippen molar-refractivity contribution in [3.63, 3.8) is 0 Å². The molecule has 180 valence electrons. The molecule has 9 heteroatoms. The number of rotatable bonds is 7. The van der Waals surface area contributed by atoms with Gasteiger partial charge in [0.25, 0.3) is 5.91 Å². The fraction of sp³-hybridized carbons (Fsp3) is 0.360. The molecule has 1 aromatic heterocycles. The Balaban J connectivity index is 1.53. The minimum atomic E-state index is -0.482. The number of aryl methyl sites for hydroxylation is 1. The van der Waals surface area contributed by atoms with Crippen molar-refractivity contribution in [1.29, 1.82) is 0 Å². The molecule has 4 rings (SSSR count). The zero-order chi connectivity index (χ0) is 24.4. The molecule has 1 amide bonds. The molecule has 2 heterocycles. The second-order valence-corrected chi connectivity index (χ2v) is 8.80. The quantitative estimate of drug-likeness (QED) is 0.496. The molecule has 2 aromatic carbocycles. The van der Waals surface area contributed by atoms with E-state index >= 15 is 0 Å². The smallest absolute Gasteiger partial charge is 0.323 e. The van der Waals surface area contributed by atoms with E-state index in [-0.39, 0.29) is 17.9 Å². The van der Waals surface area contributed by atoms with E-state index in [9.17, 15) is 9.59 Å². The molecule has 0 spiro atoms. The number of fused-ring (bicyclic) bond motifs is 1. The van der Waals surface area contributed by atoms with Crippen LogP contribution in [-0.4, -0.2) is 61.7 Å². The maximum absolute atomic E-state index is 13.1. The van der Waals surface area contributed by atoms with E-state index in [1.165, 1.54) is 7.11 Å². The highest BCUT2D eigenvalue weighted by Crippen LogP contribution is 2.30. The van der Waals surface area contributed by atoms with Crippen LogP contribution < -0.4 is 14.8 Å². The monoisotopic (exact) mass is 485 g/mol. The van der Waals surface area contributed by atoms with Crippen LogP contribution >= 0.6 is 11.6 Å². The molecule has 0 saturated carbocycles. The van der Waals surface area contributed by atoms with E-state index in [1.807, 2.05) is 42.2 Å². The van der Waals surface area contributed by atoms with Crippen LogP contribution in [0.3, 0.4) is 0 Å². The number of halogens is 1. The first-order valence-corrected chi connectivity index (χ1v) is 11.3. The summed E-state index contributed by atoms with van der Waals surface area (Å²) in [6.45, 7) is 2.84. The Morgan fingerprint density at radius 2 is 1.94 bits per heavy atom. The van der Waals surface area contributed by atoms with Gasteiger partial charge < -0.3 is 24.5 Å². The number of methoxy groups -OCH3 is 3. The lowest BCUT2D eigenvalue weighted by atomic mass is 10.1. The lowest BCUT2D eigenvalue weighted by molar-refractivity contribution is -0.146. The second-order valence-electron chi connectivity index (χ2n) is 8.37. The molecule has 0 radical (unpaired) electrons. The number of aromatic nitrogens is 1. The van der Waals surface area contributed by atoms with Crippen molar-refractivity contribution >= 4 is 34.4 Å². The topological polar surface area (TPSA) is 92.9 Å². The van der Waals surface area contributed by atoms with Crippen molar-refractivity contribution in [2.75, 3.05) is 27.9 Å². The van der Waals surface area contributed by atoms with Crippen molar-refractivity contribution in [3.8, 4) is 11.5 Å². The van der Waals surface area contributed by atoms with Crippen LogP contribution in [0.2, 0.25) is 5.02 Å². The van der Waals surface area contributed by atoms with E-state index in [4.69, 9.17) is 25.8 Å². The number of nitrogens with one attached hydrogen (secondary N) is 2. The van der Waals surface area contributed by atoms with E-state index < -0.39 is 6.04 Å². The summed E-state index contributed by atoms with van der Waals surface area (Å²) in [4.78, 5) is 30.8. The Labute approximate surface area is 203 Å². The summed E-state index contributed by atoms with van der Waals surface area (Å²) in [6.07, 6.45) is 0.446. The third-order valence-electron chi connectivity index (χ3n) is 6.33. The number of aromatic amines is 1. The Morgan fingerprint density at radius 1 is 1.15 bits per heavy atom. The number of esters is 1. The summed E-state index contributed by atoms with van der Waals surface area (Å²) in [6, 6.07) is 10.3. The molecule has 0 unspecified atom stereocenters. The van der Waals surface area contributed by atoms with Gasteiger partial charge in [0.2, 0.25) is 0 Å². The van der Waals surface area contributed by atoms with Gasteiger partial charge in [-0.05, 0) is 43.2 Å². The number of hydrogen-bond acceptors (Lipinski definition) is 6. The van der Waals surface area contributed by atoms with E-state index in [0.29, 0.717) is 41.7 Å². The SMILES string of the molecule is COC(=O)[C@@H]1C[C@@H](NC(=O)c2[nH]c3ccc(Cl)cc3c2C)CN1Cc1ccc(OC)cc1OC. The number of hydrogen-bond donors (Lipinski definition) is 2. The summed E-state index contributed by atoms with van der Waals surface area (Å²) in [5, 5.41) is 4.60. The fourth-order valence-corrected chi connectivity index (χ4v) is 4.72. The minimum absolute atomic E-state index is 0.220. The van der Waals surface area contributed by atoms with Crippen molar-refractivity contribution in [3.05, 3.63) is 58.2 Å². The molecule has 0 bridgehead atoms. The first-order chi connectivity index (χ1) is 16.3. The highest BCUT2D eigenvalue weighted by Gasteiger charge is 2.38. The van der Waals surface area contributed by atoms with Gasteiger partial charge in [-0.15, -0.1) is 0 Å². The molecule has 8 nitrogen and oxygen atoms in total. The molecule has 0 aliphatic carbocycles. The predicted molar refractivity (Wildman–Crippen MR) is 130 cm³/mol.